The molecule has 0 spiro atoms. The molecule has 3 aromatic carbocycles. The molecule has 5 nitrogen and oxygen atoms in total. The third kappa shape index (κ3) is 4.03. The van der Waals surface area contributed by atoms with Gasteiger partial charge in [-0.3, -0.25) is 4.98 Å². The molecular formula is C26H22N4O. The molecule has 0 aliphatic heterocycles. The first-order valence-electron chi connectivity index (χ1n) is 10.3. The molecule has 0 N–H and O–H groups in total. The lowest BCUT2D eigenvalue weighted by molar-refractivity contribution is 0.326. The fourth-order valence-electron chi connectivity index (χ4n) is 3.60. The van der Waals surface area contributed by atoms with Gasteiger partial charge in [-0.2, -0.15) is 0 Å². The van der Waals surface area contributed by atoms with Crippen molar-refractivity contribution in [2.45, 2.75) is 0 Å². The minimum atomic E-state index is 0.561. The Balaban J connectivity index is 1.48. The van der Waals surface area contributed by atoms with Crippen molar-refractivity contribution in [3.8, 4) is 17.1 Å². The van der Waals surface area contributed by atoms with E-state index in [2.05, 4.69) is 28.1 Å². The second-order valence-corrected chi connectivity index (χ2v) is 7.39. The molecule has 5 aromatic rings. The summed E-state index contributed by atoms with van der Waals surface area (Å²) >= 11 is 0. The molecule has 2 heterocycles. The highest BCUT2D eigenvalue weighted by atomic mass is 16.5. The Hall–Kier alpha value is -3.99. The Bertz CT molecular complexity index is 1340. The second-order valence-electron chi connectivity index (χ2n) is 7.39. The molecule has 0 atom stereocenters. The van der Waals surface area contributed by atoms with E-state index in [0.29, 0.717) is 19.0 Å². The van der Waals surface area contributed by atoms with E-state index in [0.717, 1.165) is 38.9 Å². The van der Waals surface area contributed by atoms with Gasteiger partial charge in [0.1, 0.15) is 18.2 Å². The smallest absolute Gasteiger partial charge is 0.163 e. The van der Waals surface area contributed by atoms with Crippen LogP contribution in [0.25, 0.3) is 33.2 Å². The Morgan fingerprint density at radius 1 is 0.806 bits per heavy atom. The Morgan fingerprint density at radius 2 is 1.55 bits per heavy atom. The average molecular weight is 406 g/mol. The Kier molecular flexibility index (Phi) is 5.15. The molecule has 0 unspecified atom stereocenters. The molecular weight excluding hydrogens is 384 g/mol. The lowest BCUT2D eigenvalue weighted by Crippen LogP contribution is -2.25. The van der Waals surface area contributed by atoms with Crippen molar-refractivity contribution >= 4 is 27.6 Å². The highest BCUT2D eigenvalue weighted by molar-refractivity contribution is 5.91. The fraction of sp³-hybridized carbons (Fsp3) is 0.115. The molecule has 5 heteroatoms. The van der Waals surface area contributed by atoms with Crippen molar-refractivity contribution in [2.75, 3.05) is 25.1 Å². The number of rotatable bonds is 6. The standard InChI is InChI=1S/C26H22N4O/c1-30(15-16-31-21-10-3-2-4-11-21)26-22-12-6-8-14-24(22)28-25(29-26)20-17-19-9-5-7-13-23(19)27-18-20/h2-14,17-18H,15-16H2,1H3. The molecule has 31 heavy (non-hydrogen) atoms. The van der Waals surface area contributed by atoms with Gasteiger partial charge in [-0.05, 0) is 36.4 Å². The summed E-state index contributed by atoms with van der Waals surface area (Å²) in [4.78, 5) is 16.4. The number of likely N-dealkylation sites (N-methyl/N-ethyl adjacent to an activating group) is 1. The Labute approximate surface area is 181 Å². The van der Waals surface area contributed by atoms with Crippen LogP contribution < -0.4 is 9.64 Å². The molecule has 0 fully saturated rings. The first-order valence-corrected chi connectivity index (χ1v) is 10.3. The average Bonchev–Trinajstić information content (AvgIpc) is 2.83. The van der Waals surface area contributed by atoms with E-state index in [1.54, 1.807) is 0 Å². The van der Waals surface area contributed by atoms with Gasteiger partial charge in [0.2, 0.25) is 0 Å². The van der Waals surface area contributed by atoms with E-state index in [1.807, 2.05) is 80.0 Å². The highest BCUT2D eigenvalue weighted by Gasteiger charge is 2.13. The molecule has 2 aromatic heterocycles. The van der Waals surface area contributed by atoms with Crippen molar-refractivity contribution in [1.29, 1.82) is 0 Å². The van der Waals surface area contributed by atoms with E-state index in [1.165, 1.54) is 0 Å². The molecule has 0 saturated carbocycles. The van der Waals surface area contributed by atoms with E-state index >= 15 is 0 Å². The minimum Gasteiger partial charge on any atom is -0.492 e. The van der Waals surface area contributed by atoms with Gasteiger partial charge < -0.3 is 9.64 Å². The number of benzene rings is 3. The minimum absolute atomic E-state index is 0.561. The van der Waals surface area contributed by atoms with Crippen molar-refractivity contribution in [1.82, 2.24) is 15.0 Å². The van der Waals surface area contributed by atoms with Gasteiger partial charge in [0.05, 0.1) is 17.6 Å². The number of para-hydroxylation sites is 3. The van der Waals surface area contributed by atoms with Crippen LogP contribution in [0.15, 0.2) is 91.1 Å². The van der Waals surface area contributed by atoms with Crippen molar-refractivity contribution in [2.24, 2.45) is 0 Å². The first-order chi connectivity index (χ1) is 15.3. The third-order valence-corrected chi connectivity index (χ3v) is 5.23. The summed E-state index contributed by atoms with van der Waals surface area (Å²) < 4.78 is 5.88. The van der Waals surface area contributed by atoms with E-state index < -0.39 is 0 Å². The predicted molar refractivity (Wildman–Crippen MR) is 125 cm³/mol. The lowest BCUT2D eigenvalue weighted by atomic mass is 10.1. The molecule has 0 amide bonds. The topological polar surface area (TPSA) is 51.1 Å². The predicted octanol–water partition coefficient (Wildman–Crippen LogP) is 5.36. The molecule has 0 radical (unpaired) electrons. The molecule has 0 aliphatic carbocycles. The van der Waals surface area contributed by atoms with Crippen molar-refractivity contribution in [3.63, 3.8) is 0 Å². The molecule has 0 saturated heterocycles. The van der Waals surface area contributed by atoms with Crippen LogP contribution in [-0.2, 0) is 0 Å². The summed E-state index contributed by atoms with van der Waals surface area (Å²) in [5.74, 6) is 2.42. The molecule has 152 valence electrons. The van der Waals surface area contributed by atoms with Gasteiger partial charge in [-0.25, -0.2) is 9.97 Å². The fourth-order valence-corrected chi connectivity index (χ4v) is 3.60. The van der Waals surface area contributed by atoms with Gasteiger partial charge >= 0.3 is 0 Å². The zero-order chi connectivity index (χ0) is 21.0. The van der Waals surface area contributed by atoms with E-state index in [9.17, 15) is 0 Å². The maximum atomic E-state index is 5.88. The van der Waals surface area contributed by atoms with Crippen LogP contribution >= 0.6 is 0 Å². The summed E-state index contributed by atoms with van der Waals surface area (Å²) in [6, 6.07) is 28.1. The Morgan fingerprint density at radius 3 is 2.42 bits per heavy atom. The summed E-state index contributed by atoms with van der Waals surface area (Å²) in [5, 5.41) is 2.09. The summed E-state index contributed by atoms with van der Waals surface area (Å²) in [7, 11) is 2.03. The normalized spacial score (nSPS) is 11.0. The quantitative estimate of drug-likeness (QED) is 0.380. The van der Waals surface area contributed by atoms with Crippen LogP contribution in [0.2, 0.25) is 0 Å². The summed E-state index contributed by atoms with van der Waals surface area (Å²) in [5.41, 5.74) is 2.77. The van der Waals surface area contributed by atoms with Gasteiger partial charge in [-0.1, -0.05) is 48.5 Å². The first kappa shape index (κ1) is 19.0. The number of hydrogen-bond donors (Lipinski definition) is 0. The van der Waals surface area contributed by atoms with Crippen molar-refractivity contribution < 1.29 is 4.74 Å². The van der Waals surface area contributed by atoms with Crippen LogP contribution in [0.1, 0.15) is 0 Å². The van der Waals surface area contributed by atoms with E-state index in [4.69, 9.17) is 14.7 Å². The number of ether oxygens (including phenoxy) is 1. The van der Waals surface area contributed by atoms with Crippen LogP contribution in [-0.4, -0.2) is 35.2 Å². The number of hydrogen-bond acceptors (Lipinski definition) is 5. The summed E-state index contributed by atoms with van der Waals surface area (Å²) in [6.07, 6.45) is 1.84. The van der Waals surface area contributed by atoms with Crippen LogP contribution in [0.5, 0.6) is 5.75 Å². The van der Waals surface area contributed by atoms with Gasteiger partial charge in [0.15, 0.2) is 5.82 Å². The number of fused-ring (bicyclic) bond motifs is 2. The third-order valence-electron chi connectivity index (χ3n) is 5.23. The zero-order valence-corrected chi connectivity index (χ0v) is 17.3. The second kappa shape index (κ2) is 8.40. The lowest BCUT2D eigenvalue weighted by Gasteiger charge is -2.21. The van der Waals surface area contributed by atoms with Crippen LogP contribution in [0.3, 0.4) is 0 Å². The monoisotopic (exact) mass is 406 g/mol. The van der Waals surface area contributed by atoms with E-state index in [-0.39, 0.29) is 0 Å². The zero-order valence-electron chi connectivity index (χ0n) is 17.3. The number of pyridine rings is 1. The maximum absolute atomic E-state index is 5.88. The number of anilines is 1. The SMILES string of the molecule is CN(CCOc1ccccc1)c1nc(-c2cnc3ccccc3c2)nc2ccccc12. The molecule has 0 bridgehead atoms. The largest absolute Gasteiger partial charge is 0.492 e. The van der Waals surface area contributed by atoms with Gasteiger partial charge in [0.25, 0.3) is 0 Å². The maximum Gasteiger partial charge on any atom is 0.163 e. The van der Waals surface area contributed by atoms with Gasteiger partial charge in [-0.15, -0.1) is 0 Å². The van der Waals surface area contributed by atoms with Gasteiger partial charge in [0, 0.05) is 29.6 Å². The van der Waals surface area contributed by atoms with Crippen LogP contribution in [0.4, 0.5) is 5.82 Å². The number of aromatic nitrogens is 3. The number of nitrogens with zero attached hydrogens (tertiary/aromatic N) is 4. The van der Waals surface area contributed by atoms with Crippen LogP contribution in [0, 0.1) is 0 Å². The van der Waals surface area contributed by atoms with Crippen molar-refractivity contribution in [3.05, 3.63) is 91.1 Å². The summed E-state index contributed by atoms with van der Waals surface area (Å²) in [6.45, 7) is 1.26. The highest BCUT2D eigenvalue weighted by Crippen LogP contribution is 2.28. The molecule has 0 aliphatic rings. The molecule has 5 rings (SSSR count).